The first kappa shape index (κ1) is 22.1. The number of benzene rings is 2. The molecule has 0 unspecified atom stereocenters. The Labute approximate surface area is 159 Å². The molecule has 2 aromatic rings. The van der Waals surface area contributed by atoms with E-state index >= 15 is 0 Å². The molecule has 144 valence electrons. The van der Waals surface area contributed by atoms with E-state index in [9.17, 15) is 10.2 Å². The van der Waals surface area contributed by atoms with Gasteiger partial charge in [-0.15, -0.1) is 0 Å². The van der Waals surface area contributed by atoms with E-state index in [0.717, 1.165) is 17.5 Å². The molecule has 0 fully saturated rings. The van der Waals surface area contributed by atoms with Crippen molar-refractivity contribution in [3.63, 3.8) is 0 Å². The molecule has 0 aliphatic carbocycles. The number of hydrogen-bond acceptors (Lipinski definition) is 2. The van der Waals surface area contributed by atoms with Gasteiger partial charge in [-0.1, -0.05) is 96.2 Å². The highest BCUT2D eigenvalue weighted by Crippen LogP contribution is 2.29. The molecule has 0 atom stereocenters. The topological polar surface area (TPSA) is 40.5 Å². The Morgan fingerprint density at radius 1 is 0.692 bits per heavy atom. The van der Waals surface area contributed by atoms with Gasteiger partial charge in [-0.05, 0) is 41.5 Å². The number of aryl methyl sites for hydroxylation is 1. The second-order valence-electron chi connectivity index (χ2n) is 7.91. The maximum Gasteiger partial charge on any atom is 0.119 e. The van der Waals surface area contributed by atoms with Crippen LogP contribution >= 0.6 is 0 Å². The third-order valence-corrected chi connectivity index (χ3v) is 4.50. The van der Waals surface area contributed by atoms with Crippen molar-refractivity contribution in [3.8, 4) is 11.5 Å². The van der Waals surface area contributed by atoms with Gasteiger partial charge in [0, 0.05) is 0 Å². The summed E-state index contributed by atoms with van der Waals surface area (Å²) in [5.41, 5.74) is 2.12. The van der Waals surface area contributed by atoms with E-state index in [4.69, 9.17) is 0 Å². The van der Waals surface area contributed by atoms with Crippen LogP contribution in [0.4, 0.5) is 0 Å². The van der Waals surface area contributed by atoms with Crippen LogP contribution in [0.5, 0.6) is 11.5 Å². The van der Waals surface area contributed by atoms with Crippen molar-refractivity contribution in [2.45, 2.75) is 78.1 Å². The maximum absolute atomic E-state index is 9.55. The largest absolute Gasteiger partial charge is 0.508 e. The Balaban J connectivity index is 0.000000273. The average Bonchev–Trinajstić information content (AvgIpc) is 2.59. The molecular formula is C24H36O2. The fourth-order valence-electron chi connectivity index (χ4n) is 2.93. The Hall–Kier alpha value is -1.96. The highest BCUT2D eigenvalue weighted by atomic mass is 16.3. The van der Waals surface area contributed by atoms with E-state index in [1.165, 1.54) is 38.5 Å². The van der Waals surface area contributed by atoms with E-state index in [1.54, 1.807) is 12.1 Å². The fourth-order valence-corrected chi connectivity index (χ4v) is 2.93. The normalized spacial score (nSPS) is 10.9. The lowest BCUT2D eigenvalue weighted by molar-refractivity contribution is 0.447. The summed E-state index contributed by atoms with van der Waals surface area (Å²) in [4.78, 5) is 0. The van der Waals surface area contributed by atoms with E-state index in [-0.39, 0.29) is 5.41 Å². The number of rotatable bonds is 7. The van der Waals surface area contributed by atoms with E-state index in [0.29, 0.717) is 11.5 Å². The summed E-state index contributed by atoms with van der Waals surface area (Å²) in [5.74, 6) is 0.839. The second-order valence-corrected chi connectivity index (χ2v) is 7.91. The van der Waals surface area contributed by atoms with Gasteiger partial charge in [-0.3, -0.25) is 0 Å². The lowest BCUT2D eigenvalue weighted by Gasteiger charge is -2.19. The Morgan fingerprint density at radius 2 is 1.23 bits per heavy atom. The number of hydrogen-bond donors (Lipinski definition) is 2. The average molecular weight is 357 g/mol. The predicted molar refractivity (Wildman–Crippen MR) is 112 cm³/mol. The van der Waals surface area contributed by atoms with E-state index in [2.05, 4.69) is 27.7 Å². The smallest absolute Gasteiger partial charge is 0.119 e. The molecule has 0 saturated heterocycles. The molecule has 0 aliphatic rings. The van der Waals surface area contributed by atoms with Crippen molar-refractivity contribution in [1.82, 2.24) is 0 Å². The summed E-state index contributed by atoms with van der Waals surface area (Å²) >= 11 is 0. The Morgan fingerprint density at radius 3 is 1.77 bits per heavy atom. The Kier molecular flexibility index (Phi) is 9.87. The van der Waals surface area contributed by atoms with Crippen LogP contribution in [0.3, 0.4) is 0 Å². The van der Waals surface area contributed by atoms with Gasteiger partial charge in [-0.25, -0.2) is 0 Å². The molecule has 2 heteroatoms. The van der Waals surface area contributed by atoms with Crippen molar-refractivity contribution >= 4 is 0 Å². The van der Waals surface area contributed by atoms with Crippen molar-refractivity contribution in [2.75, 3.05) is 0 Å². The van der Waals surface area contributed by atoms with Crippen LogP contribution in [0.25, 0.3) is 0 Å². The molecule has 0 aromatic heterocycles. The zero-order valence-electron chi connectivity index (χ0n) is 17.0. The van der Waals surface area contributed by atoms with Crippen LogP contribution in [0.15, 0.2) is 48.5 Å². The SMILES string of the molecule is CC(C)(C)c1ccccc1O.CCCCCCCCc1ccccc1O. The summed E-state index contributed by atoms with van der Waals surface area (Å²) in [6, 6.07) is 15.1. The third kappa shape index (κ3) is 8.42. The molecule has 2 N–H and O–H groups in total. The molecule has 0 amide bonds. The minimum Gasteiger partial charge on any atom is -0.508 e. The first-order valence-corrected chi connectivity index (χ1v) is 9.91. The van der Waals surface area contributed by atoms with Crippen LogP contribution in [-0.2, 0) is 11.8 Å². The summed E-state index contributed by atoms with van der Waals surface area (Å²) < 4.78 is 0. The number of phenolic OH excluding ortho intramolecular Hbond substituents is 2. The number of aromatic hydroxyl groups is 2. The van der Waals surface area contributed by atoms with E-state index < -0.39 is 0 Å². The van der Waals surface area contributed by atoms with Gasteiger partial charge in [0.2, 0.25) is 0 Å². The predicted octanol–water partition coefficient (Wildman–Crippen LogP) is 6.98. The van der Waals surface area contributed by atoms with E-state index in [1.807, 2.05) is 36.4 Å². The summed E-state index contributed by atoms with van der Waals surface area (Å²) in [6.45, 7) is 8.49. The molecule has 2 rings (SSSR count). The molecule has 26 heavy (non-hydrogen) atoms. The van der Waals surface area contributed by atoms with Crippen LogP contribution < -0.4 is 0 Å². The molecule has 0 radical (unpaired) electrons. The molecule has 0 heterocycles. The lowest BCUT2D eigenvalue weighted by Crippen LogP contribution is -2.10. The number of unbranched alkanes of at least 4 members (excludes halogenated alkanes) is 5. The van der Waals surface area contributed by atoms with Crippen LogP contribution in [0, 0.1) is 0 Å². The zero-order chi connectivity index (χ0) is 19.4. The van der Waals surface area contributed by atoms with Crippen molar-refractivity contribution in [3.05, 3.63) is 59.7 Å². The first-order chi connectivity index (χ1) is 12.4. The first-order valence-electron chi connectivity index (χ1n) is 9.91. The molecule has 2 aromatic carbocycles. The summed E-state index contributed by atoms with van der Waals surface area (Å²) in [6.07, 6.45) is 8.85. The molecule has 0 spiro atoms. The van der Waals surface area contributed by atoms with Crippen molar-refractivity contribution in [2.24, 2.45) is 0 Å². The second kappa shape index (κ2) is 11.6. The van der Waals surface area contributed by atoms with Crippen molar-refractivity contribution in [1.29, 1.82) is 0 Å². The standard InChI is InChI=1S/C14H22O.C10H14O/c1-2-3-4-5-6-7-10-13-11-8-9-12-14(13)15;1-10(2,3)8-6-4-5-7-9(8)11/h8-9,11-12,15H,2-7,10H2,1H3;4-7,11H,1-3H3. The minimum absolute atomic E-state index is 0.0331. The summed E-state index contributed by atoms with van der Waals surface area (Å²) in [7, 11) is 0. The molecule has 0 saturated carbocycles. The Bertz CT molecular complexity index is 626. The molecular weight excluding hydrogens is 320 g/mol. The highest BCUT2D eigenvalue weighted by molar-refractivity contribution is 5.36. The quantitative estimate of drug-likeness (QED) is 0.525. The van der Waals surface area contributed by atoms with Gasteiger partial charge in [-0.2, -0.15) is 0 Å². The van der Waals surface area contributed by atoms with Crippen LogP contribution in [-0.4, -0.2) is 10.2 Å². The van der Waals surface area contributed by atoms with Gasteiger partial charge >= 0.3 is 0 Å². The molecule has 2 nitrogen and oxygen atoms in total. The molecule has 0 aliphatic heterocycles. The van der Waals surface area contributed by atoms with Crippen molar-refractivity contribution < 1.29 is 10.2 Å². The van der Waals surface area contributed by atoms with Crippen LogP contribution in [0.2, 0.25) is 0 Å². The maximum atomic E-state index is 9.55. The minimum atomic E-state index is 0.0331. The van der Waals surface area contributed by atoms with Gasteiger partial charge in [0.05, 0.1) is 0 Å². The van der Waals surface area contributed by atoms with Crippen LogP contribution in [0.1, 0.15) is 77.3 Å². The number of phenols is 2. The lowest BCUT2D eigenvalue weighted by atomic mass is 9.86. The zero-order valence-corrected chi connectivity index (χ0v) is 17.0. The van der Waals surface area contributed by atoms with Gasteiger partial charge < -0.3 is 10.2 Å². The highest BCUT2D eigenvalue weighted by Gasteiger charge is 2.16. The van der Waals surface area contributed by atoms with Gasteiger partial charge in [0.25, 0.3) is 0 Å². The summed E-state index contributed by atoms with van der Waals surface area (Å²) in [5, 5.41) is 19.0. The van der Waals surface area contributed by atoms with Gasteiger partial charge in [0.1, 0.15) is 11.5 Å². The molecule has 0 bridgehead atoms. The number of para-hydroxylation sites is 2. The fraction of sp³-hybridized carbons (Fsp3) is 0.500. The van der Waals surface area contributed by atoms with Gasteiger partial charge in [0.15, 0.2) is 0 Å². The monoisotopic (exact) mass is 356 g/mol. The third-order valence-electron chi connectivity index (χ3n) is 4.50.